The summed E-state index contributed by atoms with van der Waals surface area (Å²) in [6.07, 6.45) is 2.00. The Hall–Kier alpha value is -2.08. The summed E-state index contributed by atoms with van der Waals surface area (Å²) in [6, 6.07) is 9.25. The van der Waals surface area contributed by atoms with Gasteiger partial charge in [0.1, 0.15) is 11.2 Å². The minimum atomic E-state index is -1.18. The van der Waals surface area contributed by atoms with E-state index in [2.05, 4.69) is 10.3 Å². The van der Waals surface area contributed by atoms with Crippen molar-refractivity contribution in [3.63, 3.8) is 0 Å². The number of hydrogen-bond donors (Lipinski definition) is 2. The van der Waals surface area contributed by atoms with Crippen LogP contribution in [0.5, 0.6) is 0 Å². The van der Waals surface area contributed by atoms with Crippen LogP contribution >= 0.6 is 11.8 Å². The number of hydrogen-bond acceptors (Lipinski definition) is 4. The van der Waals surface area contributed by atoms with Crippen molar-refractivity contribution in [2.45, 2.75) is 12.0 Å². The molecule has 1 fully saturated rings. The van der Waals surface area contributed by atoms with Crippen molar-refractivity contribution in [3.05, 3.63) is 42.2 Å². The maximum absolute atomic E-state index is 12.5. The lowest BCUT2D eigenvalue weighted by atomic mass is 9.98. The molecule has 1 aliphatic heterocycles. The van der Waals surface area contributed by atoms with Gasteiger partial charge in [-0.05, 0) is 23.6 Å². The summed E-state index contributed by atoms with van der Waals surface area (Å²) in [5, 5.41) is 13.7. The van der Waals surface area contributed by atoms with Gasteiger partial charge in [-0.2, -0.15) is 11.8 Å². The number of carbonyl (C=O) groups is 2. The summed E-state index contributed by atoms with van der Waals surface area (Å²) < 4.78 is 0. The van der Waals surface area contributed by atoms with Gasteiger partial charge in [0.15, 0.2) is 0 Å². The van der Waals surface area contributed by atoms with Crippen molar-refractivity contribution < 1.29 is 14.7 Å². The van der Waals surface area contributed by atoms with E-state index >= 15 is 0 Å². The monoisotopic (exact) mass is 302 g/mol. The van der Waals surface area contributed by atoms with Gasteiger partial charge < -0.3 is 10.4 Å². The van der Waals surface area contributed by atoms with Gasteiger partial charge in [0.05, 0.1) is 0 Å². The minimum absolute atomic E-state index is 0.269. The average molecular weight is 302 g/mol. The molecule has 5 nitrogen and oxygen atoms in total. The minimum Gasteiger partial charge on any atom is -0.479 e. The second-order valence-electron chi connectivity index (χ2n) is 5.02. The summed E-state index contributed by atoms with van der Waals surface area (Å²) in [4.78, 5) is 28.1. The van der Waals surface area contributed by atoms with E-state index in [1.165, 1.54) is 11.8 Å². The van der Waals surface area contributed by atoms with Crippen molar-refractivity contribution in [2.75, 3.05) is 11.5 Å². The number of benzene rings is 1. The van der Waals surface area contributed by atoms with E-state index < -0.39 is 17.4 Å². The number of aliphatic carboxylic acids is 1. The molecule has 1 amide bonds. The number of aromatic nitrogens is 1. The summed E-state index contributed by atoms with van der Waals surface area (Å²) >= 11 is 1.53. The highest BCUT2D eigenvalue weighted by Crippen LogP contribution is 2.29. The second kappa shape index (κ2) is 5.37. The summed E-state index contributed by atoms with van der Waals surface area (Å²) in [7, 11) is 0. The number of carboxylic acid groups (broad SMARTS) is 1. The van der Waals surface area contributed by atoms with Gasteiger partial charge in [-0.25, -0.2) is 4.79 Å². The van der Waals surface area contributed by atoms with Crippen LogP contribution in [0, 0.1) is 0 Å². The number of nitrogens with zero attached hydrogens (tertiary/aromatic N) is 1. The highest BCUT2D eigenvalue weighted by Gasteiger charge is 2.43. The third kappa shape index (κ3) is 2.47. The van der Waals surface area contributed by atoms with Gasteiger partial charge >= 0.3 is 5.97 Å². The molecule has 21 heavy (non-hydrogen) atoms. The van der Waals surface area contributed by atoms with E-state index in [4.69, 9.17) is 0 Å². The van der Waals surface area contributed by atoms with Crippen molar-refractivity contribution in [3.8, 4) is 0 Å². The predicted molar refractivity (Wildman–Crippen MR) is 81.5 cm³/mol. The lowest BCUT2D eigenvalue weighted by Crippen LogP contribution is -2.54. The standard InChI is InChI=1S/C15H14N2O3S/c18-13(17-15(14(19)20)6-8-21-9-15)12-11-4-2-1-3-10(11)5-7-16-12/h1-5,7H,6,8-9H2,(H,17,18)(H,19,20)/t15-/m1/s1. The first-order chi connectivity index (χ1) is 10.1. The molecule has 0 saturated carbocycles. The lowest BCUT2D eigenvalue weighted by molar-refractivity contribution is -0.143. The zero-order valence-corrected chi connectivity index (χ0v) is 12.0. The molecule has 2 aromatic rings. The van der Waals surface area contributed by atoms with Crippen LogP contribution in [0.15, 0.2) is 36.5 Å². The van der Waals surface area contributed by atoms with Crippen LogP contribution < -0.4 is 5.32 Å². The highest BCUT2D eigenvalue weighted by atomic mass is 32.2. The van der Waals surface area contributed by atoms with Gasteiger partial charge in [0, 0.05) is 17.3 Å². The second-order valence-corrected chi connectivity index (χ2v) is 6.13. The van der Waals surface area contributed by atoms with E-state index in [0.29, 0.717) is 12.2 Å². The lowest BCUT2D eigenvalue weighted by Gasteiger charge is -2.24. The van der Waals surface area contributed by atoms with E-state index in [9.17, 15) is 14.7 Å². The zero-order valence-electron chi connectivity index (χ0n) is 11.2. The van der Waals surface area contributed by atoms with Gasteiger partial charge in [-0.3, -0.25) is 9.78 Å². The SMILES string of the molecule is O=C(N[C@]1(C(=O)O)CCSC1)c1nccc2ccccc12. The molecule has 0 spiro atoms. The number of thioether (sulfide) groups is 1. The molecule has 2 N–H and O–H groups in total. The molecule has 1 aliphatic rings. The zero-order chi connectivity index (χ0) is 14.9. The van der Waals surface area contributed by atoms with Crippen LogP contribution in [0.3, 0.4) is 0 Å². The summed E-state index contributed by atoms with van der Waals surface area (Å²) in [6.45, 7) is 0. The topological polar surface area (TPSA) is 79.3 Å². The van der Waals surface area contributed by atoms with Crippen molar-refractivity contribution in [1.82, 2.24) is 10.3 Å². The normalized spacial score (nSPS) is 21.3. The first-order valence-corrected chi connectivity index (χ1v) is 7.75. The molecule has 1 aromatic heterocycles. The van der Waals surface area contributed by atoms with Crippen LogP contribution in [0.25, 0.3) is 10.8 Å². The number of rotatable bonds is 3. The van der Waals surface area contributed by atoms with Crippen LogP contribution in [0.2, 0.25) is 0 Å². The largest absolute Gasteiger partial charge is 0.479 e. The van der Waals surface area contributed by atoms with Crippen LogP contribution in [0.4, 0.5) is 0 Å². The third-order valence-electron chi connectivity index (χ3n) is 3.67. The molecule has 3 rings (SSSR count). The van der Waals surface area contributed by atoms with Gasteiger partial charge in [0.25, 0.3) is 5.91 Å². The number of pyridine rings is 1. The average Bonchev–Trinajstić information content (AvgIpc) is 2.96. The Morgan fingerprint density at radius 3 is 2.81 bits per heavy atom. The molecule has 0 bridgehead atoms. The highest BCUT2D eigenvalue weighted by molar-refractivity contribution is 7.99. The number of amides is 1. The van der Waals surface area contributed by atoms with E-state index in [1.54, 1.807) is 6.20 Å². The van der Waals surface area contributed by atoms with Crippen molar-refractivity contribution in [1.29, 1.82) is 0 Å². The van der Waals surface area contributed by atoms with Crippen LogP contribution in [0.1, 0.15) is 16.9 Å². The fraction of sp³-hybridized carbons (Fsp3) is 0.267. The first-order valence-electron chi connectivity index (χ1n) is 6.60. The third-order valence-corrected chi connectivity index (χ3v) is 4.86. The smallest absolute Gasteiger partial charge is 0.330 e. The number of fused-ring (bicyclic) bond motifs is 1. The molecular weight excluding hydrogens is 288 g/mol. The Labute approximate surface area is 125 Å². The molecule has 1 atom stereocenters. The van der Waals surface area contributed by atoms with Gasteiger partial charge in [-0.15, -0.1) is 0 Å². The van der Waals surface area contributed by atoms with Crippen molar-refractivity contribution >= 4 is 34.4 Å². The van der Waals surface area contributed by atoms with Crippen molar-refractivity contribution in [2.24, 2.45) is 0 Å². The predicted octanol–water partition coefficient (Wildman–Crippen LogP) is 1.92. The molecule has 0 radical (unpaired) electrons. The summed E-state index contributed by atoms with van der Waals surface area (Å²) in [5.41, 5.74) is -0.911. The molecular formula is C15H14N2O3S. The molecule has 0 unspecified atom stereocenters. The Morgan fingerprint density at radius 2 is 2.10 bits per heavy atom. The maximum atomic E-state index is 12.5. The Morgan fingerprint density at radius 1 is 1.29 bits per heavy atom. The van der Waals surface area contributed by atoms with Crippen LogP contribution in [-0.4, -0.2) is 39.0 Å². The maximum Gasteiger partial charge on any atom is 0.330 e. The molecule has 0 aliphatic carbocycles. The van der Waals surface area contributed by atoms with Gasteiger partial charge in [-0.1, -0.05) is 24.3 Å². The molecule has 6 heteroatoms. The van der Waals surface area contributed by atoms with E-state index in [-0.39, 0.29) is 5.69 Å². The number of nitrogens with one attached hydrogen (secondary N) is 1. The Balaban J connectivity index is 1.96. The molecule has 2 heterocycles. The number of carboxylic acids is 1. The first kappa shape index (κ1) is 13.9. The Kier molecular flexibility index (Phi) is 3.55. The van der Waals surface area contributed by atoms with E-state index in [1.807, 2.05) is 30.3 Å². The molecule has 1 aromatic carbocycles. The molecule has 1 saturated heterocycles. The molecule has 108 valence electrons. The fourth-order valence-electron chi connectivity index (χ4n) is 2.46. The fourth-order valence-corrected chi connectivity index (χ4v) is 3.79. The quantitative estimate of drug-likeness (QED) is 0.905. The van der Waals surface area contributed by atoms with Gasteiger partial charge in [0.2, 0.25) is 0 Å². The van der Waals surface area contributed by atoms with Crippen LogP contribution in [-0.2, 0) is 4.79 Å². The Bertz CT molecular complexity index is 706. The number of carbonyl (C=O) groups excluding carboxylic acids is 1. The summed E-state index contributed by atoms with van der Waals surface area (Å²) in [5.74, 6) is -0.299. The van der Waals surface area contributed by atoms with E-state index in [0.717, 1.165) is 16.5 Å².